The first-order valence-electron chi connectivity index (χ1n) is 8.94. The number of ether oxygens (including phenoxy) is 2. The zero-order chi connectivity index (χ0) is 17.0. The predicted octanol–water partition coefficient (Wildman–Crippen LogP) is 3.87. The molecule has 23 heavy (non-hydrogen) atoms. The molecule has 1 spiro atoms. The highest BCUT2D eigenvalue weighted by Crippen LogP contribution is 2.69. The molecule has 3 rings (SSSR count). The lowest BCUT2D eigenvalue weighted by atomic mass is 9.49. The van der Waals surface area contributed by atoms with Crippen LogP contribution >= 0.6 is 0 Å². The Kier molecular flexibility index (Phi) is 3.81. The number of hydrogen-bond donors (Lipinski definition) is 0. The van der Waals surface area contributed by atoms with Crippen LogP contribution in [0.3, 0.4) is 0 Å². The van der Waals surface area contributed by atoms with Crippen molar-refractivity contribution in [3.8, 4) is 0 Å². The summed E-state index contributed by atoms with van der Waals surface area (Å²) in [4.78, 5) is 23.1. The second kappa shape index (κ2) is 5.22. The molecule has 0 heterocycles. The normalized spacial score (nSPS) is 44.3. The van der Waals surface area contributed by atoms with Crippen molar-refractivity contribution in [3.05, 3.63) is 0 Å². The predicted molar refractivity (Wildman–Crippen MR) is 86.6 cm³/mol. The Hall–Kier alpha value is -1.06. The molecule has 3 unspecified atom stereocenters. The van der Waals surface area contributed by atoms with Gasteiger partial charge in [-0.15, -0.1) is 0 Å². The van der Waals surface area contributed by atoms with Crippen molar-refractivity contribution in [3.63, 3.8) is 0 Å². The Morgan fingerprint density at radius 1 is 0.913 bits per heavy atom. The maximum Gasteiger partial charge on any atom is 0.302 e. The molecule has 3 aliphatic rings. The summed E-state index contributed by atoms with van der Waals surface area (Å²) in [6.07, 6.45) is 6.08. The lowest BCUT2D eigenvalue weighted by Crippen LogP contribution is -2.55. The Bertz CT molecular complexity index is 525. The van der Waals surface area contributed by atoms with Crippen molar-refractivity contribution < 1.29 is 19.1 Å². The minimum absolute atomic E-state index is 0.00765. The first kappa shape index (κ1) is 16.8. The maximum atomic E-state index is 11.6. The highest BCUT2D eigenvalue weighted by atomic mass is 16.5. The zero-order valence-corrected chi connectivity index (χ0v) is 15.1. The number of rotatable bonds is 2. The van der Waals surface area contributed by atoms with Crippen LogP contribution in [-0.4, -0.2) is 24.1 Å². The van der Waals surface area contributed by atoms with Gasteiger partial charge in [0.1, 0.15) is 12.2 Å². The summed E-state index contributed by atoms with van der Waals surface area (Å²) in [6, 6.07) is 0. The third kappa shape index (κ3) is 2.58. The molecule has 0 N–H and O–H groups in total. The van der Waals surface area contributed by atoms with E-state index in [1.165, 1.54) is 13.8 Å². The minimum Gasteiger partial charge on any atom is -0.462 e. The minimum atomic E-state index is -0.183. The fraction of sp³-hybridized carbons (Fsp3) is 0.895. The van der Waals surface area contributed by atoms with Gasteiger partial charge in [-0.1, -0.05) is 20.8 Å². The van der Waals surface area contributed by atoms with Gasteiger partial charge in [-0.2, -0.15) is 0 Å². The van der Waals surface area contributed by atoms with Crippen LogP contribution in [0.15, 0.2) is 0 Å². The van der Waals surface area contributed by atoms with Crippen molar-refractivity contribution >= 4 is 11.9 Å². The van der Waals surface area contributed by atoms with Crippen molar-refractivity contribution in [1.82, 2.24) is 0 Å². The fourth-order valence-corrected chi connectivity index (χ4v) is 6.26. The lowest BCUT2D eigenvalue weighted by Gasteiger charge is -2.58. The summed E-state index contributed by atoms with van der Waals surface area (Å²) in [5, 5.41) is 0. The van der Waals surface area contributed by atoms with Gasteiger partial charge in [-0.25, -0.2) is 0 Å². The van der Waals surface area contributed by atoms with Gasteiger partial charge in [-0.05, 0) is 49.9 Å². The van der Waals surface area contributed by atoms with Crippen molar-refractivity contribution in [2.75, 3.05) is 0 Å². The largest absolute Gasteiger partial charge is 0.462 e. The van der Waals surface area contributed by atoms with E-state index in [0.29, 0.717) is 5.92 Å². The van der Waals surface area contributed by atoms with Crippen LogP contribution in [-0.2, 0) is 19.1 Å². The molecule has 0 aromatic heterocycles. The molecular formula is C19H30O4. The van der Waals surface area contributed by atoms with Gasteiger partial charge in [0.2, 0.25) is 0 Å². The van der Waals surface area contributed by atoms with E-state index in [-0.39, 0.29) is 40.4 Å². The van der Waals surface area contributed by atoms with E-state index in [9.17, 15) is 9.59 Å². The summed E-state index contributed by atoms with van der Waals surface area (Å²) in [5.41, 5.74) is 0.285. The van der Waals surface area contributed by atoms with Gasteiger partial charge in [0.15, 0.2) is 0 Å². The van der Waals surface area contributed by atoms with E-state index in [4.69, 9.17) is 9.47 Å². The Morgan fingerprint density at radius 2 is 1.52 bits per heavy atom. The van der Waals surface area contributed by atoms with E-state index in [0.717, 1.165) is 38.5 Å². The highest BCUT2D eigenvalue weighted by molar-refractivity contribution is 5.66. The van der Waals surface area contributed by atoms with Gasteiger partial charge >= 0.3 is 11.9 Å². The Balaban J connectivity index is 1.92. The molecular weight excluding hydrogens is 292 g/mol. The standard InChI is InChI=1S/C19H30O4/c1-12(20)22-15-7-9-19-11-18(15,5)8-6-14(19)17(3,4)10-16(19)23-13(2)21/h14-16H,6-11H2,1-5H3/t14?,15?,16?,18-,19+/m1/s1. The first-order valence-corrected chi connectivity index (χ1v) is 8.94. The second-order valence-corrected chi connectivity index (χ2v) is 9.08. The number of carbonyl (C=O) groups excluding carboxylic acids is 2. The molecule has 0 aromatic carbocycles. The first-order chi connectivity index (χ1) is 10.6. The molecule has 3 saturated carbocycles. The van der Waals surface area contributed by atoms with E-state index in [1.807, 2.05) is 0 Å². The Morgan fingerprint density at radius 3 is 2.13 bits per heavy atom. The Labute approximate surface area is 139 Å². The summed E-state index contributed by atoms with van der Waals surface area (Å²) in [6.45, 7) is 9.92. The highest BCUT2D eigenvalue weighted by Gasteiger charge is 2.66. The molecule has 4 heteroatoms. The second-order valence-electron chi connectivity index (χ2n) is 9.08. The number of hydrogen-bond acceptors (Lipinski definition) is 4. The molecule has 3 aliphatic carbocycles. The van der Waals surface area contributed by atoms with E-state index in [2.05, 4.69) is 20.8 Å². The zero-order valence-electron chi connectivity index (χ0n) is 15.1. The molecule has 3 fully saturated rings. The maximum absolute atomic E-state index is 11.6. The molecule has 0 aliphatic heterocycles. The van der Waals surface area contributed by atoms with Gasteiger partial charge < -0.3 is 9.47 Å². The number of esters is 2. The van der Waals surface area contributed by atoms with E-state index in [1.54, 1.807) is 0 Å². The fourth-order valence-electron chi connectivity index (χ4n) is 6.26. The van der Waals surface area contributed by atoms with Crippen molar-refractivity contribution in [1.29, 1.82) is 0 Å². The quantitative estimate of drug-likeness (QED) is 0.724. The van der Waals surface area contributed by atoms with Crippen LogP contribution in [0.5, 0.6) is 0 Å². The molecule has 130 valence electrons. The average molecular weight is 322 g/mol. The van der Waals surface area contributed by atoms with Crippen LogP contribution in [0.2, 0.25) is 0 Å². The molecule has 5 atom stereocenters. The molecule has 0 amide bonds. The van der Waals surface area contributed by atoms with Crippen LogP contribution in [0.25, 0.3) is 0 Å². The van der Waals surface area contributed by atoms with Crippen molar-refractivity contribution in [2.45, 2.75) is 85.4 Å². The summed E-state index contributed by atoms with van der Waals surface area (Å²) >= 11 is 0. The summed E-state index contributed by atoms with van der Waals surface area (Å²) < 4.78 is 11.5. The van der Waals surface area contributed by atoms with Crippen molar-refractivity contribution in [2.24, 2.45) is 22.2 Å². The van der Waals surface area contributed by atoms with Crippen LogP contribution in [0, 0.1) is 22.2 Å². The van der Waals surface area contributed by atoms with Gasteiger partial charge in [0.25, 0.3) is 0 Å². The molecule has 2 bridgehead atoms. The van der Waals surface area contributed by atoms with Gasteiger partial charge in [0.05, 0.1) is 0 Å². The van der Waals surface area contributed by atoms with Gasteiger partial charge in [0, 0.05) is 24.7 Å². The smallest absolute Gasteiger partial charge is 0.302 e. The molecule has 0 aromatic rings. The van der Waals surface area contributed by atoms with Gasteiger partial charge in [-0.3, -0.25) is 9.59 Å². The van der Waals surface area contributed by atoms with Crippen LogP contribution in [0.4, 0.5) is 0 Å². The third-order valence-corrected chi connectivity index (χ3v) is 6.99. The van der Waals surface area contributed by atoms with Crippen LogP contribution in [0.1, 0.15) is 73.1 Å². The van der Waals surface area contributed by atoms with E-state index >= 15 is 0 Å². The molecule has 0 radical (unpaired) electrons. The SMILES string of the molecule is CC(=O)OC1CC[C@]23C[C@@]1(C)CCC2C(C)(C)CC3OC(C)=O. The summed E-state index contributed by atoms with van der Waals surface area (Å²) in [5.74, 6) is 0.235. The number of carbonyl (C=O) groups is 2. The lowest BCUT2D eigenvalue weighted by molar-refractivity contribution is -0.186. The summed E-state index contributed by atoms with van der Waals surface area (Å²) in [7, 11) is 0. The molecule has 4 nitrogen and oxygen atoms in total. The van der Waals surface area contributed by atoms with Crippen LogP contribution < -0.4 is 0 Å². The van der Waals surface area contributed by atoms with E-state index < -0.39 is 0 Å². The molecule has 0 saturated heterocycles. The monoisotopic (exact) mass is 322 g/mol. The third-order valence-electron chi connectivity index (χ3n) is 6.99. The average Bonchev–Trinajstić information content (AvgIpc) is 2.59. The number of fused-ring (bicyclic) bond motifs is 1. The topological polar surface area (TPSA) is 52.6 Å².